The van der Waals surface area contributed by atoms with Crippen molar-refractivity contribution in [1.29, 1.82) is 0 Å². The van der Waals surface area contributed by atoms with E-state index in [2.05, 4.69) is 15.9 Å². The number of benzene rings is 1. The van der Waals surface area contributed by atoms with Gasteiger partial charge in [-0.2, -0.15) is 0 Å². The molecule has 1 aliphatic heterocycles. The SMILES string of the molecule is COC(=O)[C@@H]1OCCc2c1ccc(Br)c2OC. The fourth-order valence-electron chi connectivity index (χ4n) is 2.01. The Morgan fingerprint density at radius 3 is 2.88 bits per heavy atom. The van der Waals surface area contributed by atoms with Crippen molar-refractivity contribution >= 4 is 21.9 Å². The van der Waals surface area contributed by atoms with Crippen LogP contribution in [-0.4, -0.2) is 26.8 Å². The van der Waals surface area contributed by atoms with Gasteiger partial charge in [0, 0.05) is 5.56 Å². The first kappa shape index (κ1) is 12.4. The number of rotatable bonds is 2. The molecule has 2 rings (SSSR count). The molecule has 0 bridgehead atoms. The van der Waals surface area contributed by atoms with E-state index in [1.165, 1.54) is 7.11 Å². The molecule has 17 heavy (non-hydrogen) atoms. The van der Waals surface area contributed by atoms with Crippen LogP contribution in [-0.2, 0) is 20.7 Å². The van der Waals surface area contributed by atoms with Crippen molar-refractivity contribution in [3.63, 3.8) is 0 Å². The molecule has 0 radical (unpaired) electrons. The van der Waals surface area contributed by atoms with Crippen molar-refractivity contribution in [2.75, 3.05) is 20.8 Å². The van der Waals surface area contributed by atoms with Crippen molar-refractivity contribution in [1.82, 2.24) is 0 Å². The van der Waals surface area contributed by atoms with Crippen LogP contribution in [0, 0.1) is 0 Å². The molecule has 0 spiro atoms. The second-order valence-corrected chi connectivity index (χ2v) is 4.53. The number of carbonyl (C=O) groups excluding carboxylic acids is 1. The molecule has 0 N–H and O–H groups in total. The molecule has 0 aromatic heterocycles. The maximum absolute atomic E-state index is 11.6. The number of carbonyl (C=O) groups is 1. The lowest BCUT2D eigenvalue weighted by molar-refractivity contribution is -0.155. The predicted octanol–water partition coefficient (Wildman–Crippen LogP) is 2.24. The van der Waals surface area contributed by atoms with Crippen molar-refractivity contribution in [3.8, 4) is 5.75 Å². The molecule has 1 aromatic rings. The van der Waals surface area contributed by atoms with Gasteiger partial charge in [0.1, 0.15) is 5.75 Å². The Morgan fingerprint density at radius 1 is 1.47 bits per heavy atom. The molecule has 0 unspecified atom stereocenters. The third kappa shape index (κ3) is 2.17. The molecule has 1 heterocycles. The molecular formula is C12H13BrO4. The second-order valence-electron chi connectivity index (χ2n) is 3.67. The Balaban J connectivity index is 2.49. The minimum atomic E-state index is -0.647. The van der Waals surface area contributed by atoms with Crippen molar-refractivity contribution in [2.45, 2.75) is 12.5 Å². The van der Waals surface area contributed by atoms with Gasteiger partial charge in [-0.1, -0.05) is 6.07 Å². The van der Waals surface area contributed by atoms with Gasteiger partial charge in [-0.25, -0.2) is 4.79 Å². The summed E-state index contributed by atoms with van der Waals surface area (Å²) in [6.07, 6.45) is 0.0802. The molecule has 4 nitrogen and oxygen atoms in total. The maximum Gasteiger partial charge on any atom is 0.339 e. The number of halogens is 1. The third-order valence-electron chi connectivity index (χ3n) is 2.79. The minimum absolute atomic E-state index is 0.379. The summed E-state index contributed by atoms with van der Waals surface area (Å²) < 4.78 is 16.4. The number of hydrogen-bond donors (Lipinski definition) is 0. The first-order valence-electron chi connectivity index (χ1n) is 5.23. The summed E-state index contributed by atoms with van der Waals surface area (Å²) in [5, 5.41) is 0. The second kappa shape index (κ2) is 5.06. The predicted molar refractivity (Wildman–Crippen MR) is 65.1 cm³/mol. The molecule has 0 amide bonds. The van der Waals surface area contributed by atoms with Crippen LogP contribution in [0.25, 0.3) is 0 Å². The number of fused-ring (bicyclic) bond motifs is 1. The van der Waals surface area contributed by atoms with Crippen LogP contribution in [0.3, 0.4) is 0 Å². The molecule has 0 aliphatic carbocycles. The molecular weight excluding hydrogens is 288 g/mol. The maximum atomic E-state index is 11.6. The van der Waals surface area contributed by atoms with E-state index in [-0.39, 0.29) is 5.97 Å². The minimum Gasteiger partial charge on any atom is -0.495 e. The zero-order chi connectivity index (χ0) is 12.4. The summed E-state index contributed by atoms with van der Waals surface area (Å²) in [5.41, 5.74) is 1.83. The van der Waals surface area contributed by atoms with Gasteiger partial charge in [-0.15, -0.1) is 0 Å². The van der Waals surface area contributed by atoms with Crippen LogP contribution in [0.15, 0.2) is 16.6 Å². The fraction of sp³-hybridized carbons (Fsp3) is 0.417. The van der Waals surface area contributed by atoms with Crippen LogP contribution >= 0.6 is 15.9 Å². The van der Waals surface area contributed by atoms with Crippen molar-refractivity contribution < 1.29 is 19.0 Å². The van der Waals surface area contributed by atoms with Crippen molar-refractivity contribution in [3.05, 3.63) is 27.7 Å². The number of hydrogen-bond acceptors (Lipinski definition) is 4. The lowest BCUT2D eigenvalue weighted by Gasteiger charge is -2.26. The van der Waals surface area contributed by atoms with E-state index in [9.17, 15) is 4.79 Å². The van der Waals surface area contributed by atoms with Gasteiger partial charge in [0.15, 0.2) is 6.10 Å². The Hall–Kier alpha value is -1.07. The zero-order valence-corrected chi connectivity index (χ0v) is 11.2. The molecule has 0 fully saturated rings. The van der Waals surface area contributed by atoms with Gasteiger partial charge in [0.05, 0.1) is 25.3 Å². The van der Waals surface area contributed by atoms with Crippen LogP contribution in [0.1, 0.15) is 17.2 Å². The summed E-state index contributed by atoms with van der Waals surface area (Å²) in [4.78, 5) is 11.6. The Morgan fingerprint density at radius 2 is 2.24 bits per heavy atom. The lowest BCUT2D eigenvalue weighted by atomic mass is 9.96. The monoisotopic (exact) mass is 300 g/mol. The lowest BCUT2D eigenvalue weighted by Crippen LogP contribution is -2.24. The smallest absolute Gasteiger partial charge is 0.339 e. The van der Waals surface area contributed by atoms with Gasteiger partial charge in [0.25, 0.3) is 0 Å². The van der Waals surface area contributed by atoms with Gasteiger partial charge < -0.3 is 14.2 Å². The topological polar surface area (TPSA) is 44.8 Å². The summed E-state index contributed by atoms with van der Waals surface area (Å²) in [5.74, 6) is 0.384. The highest BCUT2D eigenvalue weighted by Gasteiger charge is 2.30. The molecule has 0 saturated heterocycles. The third-order valence-corrected chi connectivity index (χ3v) is 3.41. The number of ether oxygens (including phenoxy) is 3. The summed E-state index contributed by atoms with van der Waals surface area (Å²) in [7, 11) is 2.97. The van der Waals surface area contributed by atoms with Gasteiger partial charge in [-0.3, -0.25) is 0 Å². The number of esters is 1. The first-order valence-corrected chi connectivity index (χ1v) is 6.03. The summed E-state index contributed by atoms with van der Waals surface area (Å²) >= 11 is 3.43. The van der Waals surface area contributed by atoms with Crippen LogP contribution in [0.2, 0.25) is 0 Å². The highest BCUT2D eigenvalue weighted by molar-refractivity contribution is 9.10. The molecule has 1 aliphatic rings. The highest BCUT2D eigenvalue weighted by atomic mass is 79.9. The van der Waals surface area contributed by atoms with Gasteiger partial charge in [-0.05, 0) is 34.0 Å². The molecule has 1 atom stereocenters. The summed E-state index contributed by atoms with van der Waals surface area (Å²) in [6, 6.07) is 3.71. The van der Waals surface area contributed by atoms with Crippen molar-refractivity contribution in [2.24, 2.45) is 0 Å². The van der Waals surface area contributed by atoms with Crippen LogP contribution in [0.5, 0.6) is 5.75 Å². The van der Waals surface area contributed by atoms with E-state index in [1.54, 1.807) is 7.11 Å². The molecule has 0 saturated carbocycles. The largest absolute Gasteiger partial charge is 0.495 e. The molecule has 1 aromatic carbocycles. The molecule has 5 heteroatoms. The standard InChI is InChI=1S/C12H13BrO4/c1-15-10-8-5-6-17-11(12(14)16-2)7(8)3-4-9(10)13/h3-4,11H,5-6H2,1-2H3/t11-/m1/s1. The Bertz CT molecular complexity index is 444. The highest BCUT2D eigenvalue weighted by Crippen LogP contribution is 2.38. The van der Waals surface area contributed by atoms with Crippen LogP contribution in [0.4, 0.5) is 0 Å². The van der Waals surface area contributed by atoms with Crippen LogP contribution < -0.4 is 4.74 Å². The van der Waals surface area contributed by atoms with Gasteiger partial charge in [0.2, 0.25) is 0 Å². The average Bonchev–Trinajstić information content (AvgIpc) is 2.37. The molecule has 92 valence electrons. The number of methoxy groups -OCH3 is 2. The van der Waals surface area contributed by atoms with E-state index in [1.807, 2.05) is 12.1 Å². The van der Waals surface area contributed by atoms with E-state index in [4.69, 9.17) is 14.2 Å². The van der Waals surface area contributed by atoms with E-state index < -0.39 is 6.10 Å². The Labute approximate surface area is 108 Å². The average molecular weight is 301 g/mol. The summed E-state index contributed by atoms with van der Waals surface area (Å²) in [6.45, 7) is 0.486. The van der Waals surface area contributed by atoms with E-state index in [0.717, 1.165) is 27.8 Å². The van der Waals surface area contributed by atoms with E-state index in [0.29, 0.717) is 6.61 Å². The Kier molecular flexibility index (Phi) is 3.69. The normalized spacial score (nSPS) is 18.4. The van der Waals surface area contributed by atoms with Gasteiger partial charge >= 0.3 is 5.97 Å². The fourth-order valence-corrected chi connectivity index (χ4v) is 2.54. The van der Waals surface area contributed by atoms with E-state index >= 15 is 0 Å². The first-order chi connectivity index (χ1) is 8.19. The quantitative estimate of drug-likeness (QED) is 0.786. The zero-order valence-electron chi connectivity index (χ0n) is 9.66.